The third-order valence-electron chi connectivity index (χ3n) is 3.18. The highest BCUT2D eigenvalue weighted by Gasteiger charge is 2.34. The fourth-order valence-corrected chi connectivity index (χ4v) is 2.37. The maximum atomic E-state index is 10.6. The summed E-state index contributed by atoms with van der Waals surface area (Å²) in [5.74, 6) is -0.457. The standard InChI is InChI=1S/C12H20O3/c1-2-3-4-5-10-9(8-12(14)15)6-7-11(10)13/h3-4,9-11,13H,2,5-8H2,1H3,(H,14,15)/b4-3-/t9-,10-,11-/m0/s1. The molecule has 2 N–H and O–H groups in total. The Bertz CT molecular complexity index is 235. The van der Waals surface area contributed by atoms with Gasteiger partial charge in [0, 0.05) is 6.42 Å². The molecule has 0 amide bonds. The van der Waals surface area contributed by atoms with Crippen LogP contribution in [-0.4, -0.2) is 22.3 Å². The summed E-state index contributed by atoms with van der Waals surface area (Å²) >= 11 is 0. The monoisotopic (exact) mass is 212 g/mol. The number of carboxylic acid groups (broad SMARTS) is 1. The van der Waals surface area contributed by atoms with Crippen LogP contribution in [0.25, 0.3) is 0 Å². The molecule has 0 spiro atoms. The van der Waals surface area contributed by atoms with E-state index in [1.807, 2.05) is 0 Å². The molecule has 0 aliphatic heterocycles. The van der Waals surface area contributed by atoms with Gasteiger partial charge in [-0.05, 0) is 37.5 Å². The molecule has 0 aromatic rings. The molecule has 0 heterocycles. The number of aliphatic hydroxyl groups excluding tert-OH is 1. The number of hydrogen-bond donors (Lipinski definition) is 2. The minimum Gasteiger partial charge on any atom is -0.481 e. The van der Waals surface area contributed by atoms with Gasteiger partial charge in [0.25, 0.3) is 0 Å². The predicted molar refractivity (Wildman–Crippen MR) is 58.5 cm³/mol. The summed E-state index contributed by atoms with van der Waals surface area (Å²) < 4.78 is 0. The molecule has 0 aromatic carbocycles. The van der Waals surface area contributed by atoms with Crippen molar-refractivity contribution in [1.29, 1.82) is 0 Å². The van der Waals surface area contributed by atoms with Crippen LogP contribution in [-0.2, 0) is 4.79 Å². The Morgan fingerprint density at radius 1 is 1.40 bits per heavy atom. The van der Waals surface area contributed by atoms with Crippen LogP contribution in [0.5, 0.6) is 0 Å². The third-order valence-corrected chi connectivity index (χ3v) is 3.18. The highest BCUT2D eigenvalue weighted by Crippen LogP contribution is 2.36. The summed E-state index contributed by atoms with van der Waals surface area (Å²) in [4.78, 5) is 10.6. The topological polar surface area (TPSA) is 57.5 Å². The summed E-state index contributed by atoms with van der Waals surface area (Å²) in [6.45, 7) is 2.07. The van der Waals surface area contributed by atoms with Crippen molar-refractivity contribution in [2.24, 2.45) is 11.8 Å². The molecule has 15 heavy (non-hydrogen) atoms. The van der Waals surface area contributed by atoms with Crippen molar-refractivity contribution in [1.82, 2.24) is 0 Å². The molecular formula is C12H20O3. The van der Waals surface area contributed by atoms with E-state index in [0.29, 0.717) is 0 Å². The normalized spacial score (nSPS) is 31.2. The van der Waals surface area contributed by atoms with Gasteiger partial charge in [-0.15, -0.1) is 0 Å². The van der Waals surface area contributed by atoms with Gasteiger partial charge < -0.3 is 10.2 Å². The molecule has 1 rings (SSSR count). The number of carbonyl (C=O) groups is 1. The number of aliphatic carboxylic acids is 1. The van der Waals surface area contributed by atoms with Crippen molar-refractivity contribution in [3.63, 3.8) is 0 Å². The lowest BCUT2D eigenvalue weighted by Crippen LogP contribution is -2.20. The zero-order valence-corrected chi connectivity index (χ0v) is 9.22. The molecule has 3 atom stereocenters. The maximum Gasteiger partial charge on any atom is 0.303 e. The highest BCUT2D eigenvalue weighted by molar-refractivity contribution is 5.67. The summed E-state index contributed by atoms with van der Waals surface area (Å²) in [7, 11) is 0. The minimum atomic E-state index is -0.751. The van der Waals surface area contributed by atoms with E-state index in [4.69, 9.17) is 5.11 Å². The van der Waals surface area contributed by atoms with Crippen molar-refractivity contribution in [2.75, 3.05) is 0 Å². The molecule has 1 saturated carbocycles. The lowest BCUT2D eigenvalue weighted by Gasteiger charge is -2.18. The number of aliphatic hydroxyl groups is 1. The fraction of sp³-hybridized carbons (Fsp3) is 0.750. The summed E-state index contributed by atoms with van der Waals surface area (Å²) in [5, 5.41) is 18.5. The maximum absolute atomic E-state index is 10.6. The van der Waals surface area contributed by atoms with Crippen LogP contribution in [0.3, 0.4) is 0 Å². The second-order valence-electron chi connectivity index (χ2n) is 4.28. The molecule has 0 radical (unpaired) electrons. The number of carboxylic acids is 1. The highest BCUT2D eigenvalue weighted by atomic mass is 16.4. The predicted octanol–water partition coefficient (Wildman–Crippen LogP) is 2.20. The average molecular weight is 212 g/mol. The Morgan fingerprint density at radius 2 is 2.13 bits per heavy atom. The van der Waals surface area contributed by atoms with Crippen molar-refractivity contribution >= 4 is 5.97 Å². The van der Waals surface area contributed by atoms with E-state index in [-0.39, 0.29) is 24.4 Å². The Labute approximate surface area is 90.8 Å². The first kappa shape index (κ1) is 12.2. The van der Waals surface area contributed by atoms with Gasteiger partial charge in [0.2, 0.25) is 0 Å². The zero-order chi connectivity index (χ0) is 11.3. The zero-order valence-electron chi connectivity index (χ0n) is 9.22. The molecule has 1 fully saturated rings. The second kappa shape index (κ2) is 5.91. The molecule has 0 saturated heterocycles. The quantitative estimate of drug-likeness (QED) is 0.687. The fourth-order valence-electron chi connectivity index (χ4n) is 2.37. The number of hydrogen-bond acceptors (Lipinski definition) is 2. The Kier molecular flexibility index (Phi) is 4.82. The van der Waals surface area contributed by atoms with Gasteiger partial charge in [0.05, 0.1) is 6.10 Å². The van der Waals surface area contributed by atoms with Gasteiger partial charge in [0.15, 0.2) is 0 Å². The molecule has 86 valence electrons. The lowest BCUT2D eigenvalue weighted by atomic mass is 9.89. The van der Waals surface area contributed by atoms with Gasteiger partial charge in [-0.25, -0.2) is 0 Å². The van der Waals surface area contributed by atoms with Gasteiger partial charge in [0.1, 0.15) is 0 Å². The van der Waals surface area contributed by atoms with Crippen LogP contribution in [0.2, 0.25) is 0 Å². The minimum absolute atomic E-state index is 0.142. The van der Waals surface area contributed by atoms with Crippen molar-refractivity contribution in [2.45, 2.75) is 45.1 Å². The van der Waals surface area contributed by atoms with Crippen molar-refractivity contribution in [3.8, 4) is 0 Å². The molecular weight excluding hydrogens is 192 g/mol. The molecule has 0 bridgehead atoms. The first-order valence-corrected chi connectivity index (χ1v) is 5.70. The van der Waals surface area contributed by atoms with Crippen LogP contribution < -0.4 is 0 Å². The van der Waals surface area contributed by atoms with Gasteiger partial charge in [-0.1, -0.05) is 19.1 Å². The summed E-state index contributed by atoms with van der Waals surface area (Å²) in [6, 6.07) is 0. The Hall–Kier alpha value is -0.830. The number of allylic oxidation sites excluding steroid dienone is 2. The lowest BCUT2D eigenvalue weighted by molar-refractivity contribution is -0.138. The SMILES string of the molecule is CC/C=C\C[C@H]1[C@H](CC(=O)O)CC[C@@H]1O. The smallest absolute Gasteiger partial charge is 0.303 e. The van der Waals surface area contributed by atoms with Crippen LogP contribution in [0.15, 0.2) is 12.2 Å². The van der Waals surface area contributed by atoms with Crippen LogP contribution in [0.4, 0.5) is 0 Å². The third kappa shape index (κ3) is 3.67. The molecule has 0 aromatic heterocycles. The van der Waals surface area contributed by atoms with Gasteiger partial charge in [-0.3, -0.25) is 4.79 Å². The molecule has 3 heteroatoms. The average Bonchev–Trinajstić information content (AvgIpc) is 2.49. The second-order valence-corrected chi connectivity index (χ2v) is 4.28. The van der Waals surface area contributed by atoms with E-state index in [0.717, 1.165) is 25.7 Å². The molecule has 3 nitrogen and oxygen atoms in total. The van der Waals surface area contributed by atoms with E-state index in [1.54, 1.807) is 0 Å². The number of rotatable bonds is 5. The summed E-state index contributed by atoms with van der Waals surface area (Å²) in [5.41, 5.74) is 0. The summed E-state index contributed by atoms with van der Waals surface area (Å²) in [6.07, 6.45) is 7.43. The molecule has 1 aliphatic carbocycles. The van der Waals surface area contributed by atoms with Gasteiger partial charge >= 0.3 is 5.97 Å². The van der Waals surface area contributed by atoms with E-state index in [2.05, 4.69) is 19.1 Å². The first-order valence-electron chi connectivity index (χ1n) is 5.70. The van der Waals surface area contributed by atoms with Crippen LogP contribution in [0.1, 0.15) is 39.0 Å². The largest absolute Gasteiger partial charge is 0.481 e. The van der Waals surface area contributed by atoms with Crippen LogP contribution in [0, 0.1) is 11.8 Å². The van der Waals surface area contributed by atoms with E-state index in [1.165, 1.54) is 0 Å². The molecule has 0 unspecified atom stereocenters. The Balaban J connectivity index is 2.48. The first-order chi connectivity index (χ1) is 7.15. The van der Waals surface area contributed by atoms with E-state index in [9.17, 15) is 9.90 Å². The van der Waals surface area contributed by atoms with E-state index >= 15 is 0 Å². The van der Waals surface area contributed by atoms with Crippen LogP contribution >= 0.6 is 0 Å². The van der Waals surface area contributed by atoms with Crippen molar-refractivity contribution in [3.05, 3.63) is 12.2 Å². The van der Waals surface area contributed by atoms with E-state index < -0.39 is 5.97 Å². The van der Waals surface area contributed by atoms with Gasteiger partial charge in [-0.2, -0.15) is 0 Å². The molecule has 1 aliphatic rings. The Morgan fingerprint density at radius 3 is 2.73 bits per heavy atom. The van der Waals surface area contributed by atoms with Crippen molar-refractivity contribution < 1.29 is 15.0 Å².